The molecule has 2 aliphatic rings. The van der Waals surface area contributed by atoms with Crippen molar-refractivity contribution >= 4 is 15.7 Å². The molecule has 31 heavy (non-hydrogen) atoms. The van der Waals surface area contributed by atoms with Gasteiger partial charge in [-0.1, -0.05) is 54.6 Å². The number of hydrogen-bond acceptors (Lipinski definition) is 5. The molecule has 0 saturated carbocycles. The molecule has 3 aromatic carbocycles. The van der Waals surface area contributed by atoms with Crippen molar-refractivity contribution < 1.29 is 13.3 Å². The highest BCUT2D eigenvalue weighted by Crippen LogP contribution is 2.46. The number of nitrogens with zero attached hydrogens (tertiary/aromatic N) is 3. The van der Waals surface area contributed by atoms with Gasteiger partial charge in [0.2, 0.25) is 10.0 Å². The summed E-state index contributed by atoms with van der Waals surface area (Å²) >= 11 is 0. The van der Waals surface area contributed by atoms with Crippen LogP contribution in [0.25, 0.3) is 0 Å². The Kier molecular flexibility index (Phi) is 4.85. The highest BCUT2D eigenvalue weighted by Gasteiger charge is 2.48. The van der Waals surface area contributed by atoms with E-state index >= 15 is 0 Å². The maximum Gasteiger partial charge on any atom is 0.269 e. The van der Waals surface area contributed by atoms with Crippen LogP contribution in [0.15, 0.2) is 83.8 Å². The quantitative estimate of drug-likeness (QED) is 0.458. The molecular formula is C23H21N3O4S. The molecule has 0 amide bonds. The molecule has 0 radical (unpaired) electrons. The largest absolute Gasteiger partial charge is 0.274 e. The molecular weight excluding hydrogens is 414 g/mol. The molecule has 0 aliphatic carbocycles. The summed E-state index contributed by atoms with van der Waals surface area (Å²) in [7, 11) is -3.81. The van der Waals surface area contributed by atoms with E-state index in [1.807, 2.05) is 12.1 Å². The summed E-state index contributed by atoms with van der Waals surface area (Å²) in [5.74, 6) is 0. The lowest BCUT2D eigenvalue weighted by atomic mass is 9.93. The number of sulfonamides is 1. The van der Waals surface area contributed by atoms with Crippen LogP contribution in [-0.2, 0) is 16.4 Å². The first kappa shape index (κ1) is 19.9. The molecule has 2 aliphatic heterocycles. The van der Waals surface area contributed by atoms with Crippen LogP contribution >= 0.6 is 0 Å². The van der Waals surface area contributed by atoms with E-state index in [0.717, 1.165) is 12.0 Å². The second-order valence-electron chi connectivity index (χ2n) is 7.82. The Hall–Kier alpha value is -3.07. The smallest absolute Gasteiger partial charge is 0.269 e. The molecule has 5 rings (SSSR count). The van der Waals surface area contributed by atoms with Crippen LogP contribution in [0.5, 0.6) is 0 Å². The summed E-state index contributed by atoms with van der Waals surface area (Å²) < 4.78 is 28.8. The molecule has 2 atom stereocenters. The van der Waals surface area contributed by atoms with E-state index in [2.05, 4.69) is 17.0 Å². The minimum atomic E-state index is -3.81. The number of non-ortho nitro benzene ring substituents is 1. The summed E-state index contributed by atoms with van der Waals surface area (Å²) in [6, 6.07) is 22.7. The first-order valence-corrected chi connectivity index (χ1v) is 11.6. The van der Waals surface area contributed by atoms with Crippen LogP contribution in [0.4, 0.5) is 5.69 Å². The molecule has 1 saturated heterocycles. The van der Waals surface area contributed by atoms with Crippen LogP contribution in [0.3, 0.4) is 0 Å². The average molecular weight is 436 g/mol. The van der Waals surface area contributed by atoms with Gasteiger partial charge >= 0.3 is 0 Å². The number of benzene rings is 3. The van der Waals surface area contributed by atoms with Crippen LogP contribution < -0.4 is 0 Å². The number of nitro groups is 1. The zero-order valence-corrected chi connectivity index (χ0v) is 17.5. The van der Waals surface area contributed by atoms with Crippen LogP contribution in [0.1, 0.15) is 28.9 Å². The van der Waals surface area contributed by atoms with Gasteiger partial charge in [0, 0.05) is 25.2 Å². The zero-order valence-electron chi connectivity index (χ0n) is 16.7. The minimum absolute atomic E-state index is 0.0459. The van der Waals surface area contributed by atoms with Gasteiger partial charge < -0.3 is 0 Å². The molecule has 3 aromatic rings. The lowest BCUT2D eigenvalue weighted by molar-refractivity contribution is -0.385. The van der Waals surface area contributed by atoms with Crippen molar-refractivity contribution in [3.05, 3.63) is 106 Å². The number of rotatable bonds is 4. The zero-order chi connectivity index (χ0) is 21.6. The molecule has 0 spiro atoms. The fourth-order valence-electron chi connectivity index (χ4n) is 4.72. The standard InChI is InChI=1S/C23H21N3O4S/c27-26(28)19-9-6-8-18(15-19)23-24-14-13-17-7-4-5-12-21(17)22(24)16-25(23)31(29,30)20-10-2-1-3-11-20/h1-12,15,22-23H,13-14,16H2/t22-,23+/m0/s1. The van der Waals surface area contributed by atoms with E-state index in [0.29, 0.717) is 18.7 Å². The molecule has 1 fully saturated rings. The second kappa shape index (κ2) is 7.56. The first-order valence-electron chi connectivity index (χ1n) is 10.1. The first-order chi connectivity index (χ1) is 15.0. The number of fused-ring (bicyclic) bond motifs is 3. The van der Waals surface area contributed by atoms with Crippen LogP contribution in [0.2, 0.25) is 0 Å². The molecule has 0 aromatic heterocycles. The molecule has 0 unspecified atom stereocenters. The average Bonchev–Trinajstić information content (AvgIpc) is 3.21. The van der Waals surface area contributed by atoms with Gasteiger partial charge in [-0.15, -0.1) is 0 Å². The van der Waals surface area contributed by atoms with Gasteiger partial charge in [-0.2, -0.15) is 4.31 Å². The number of nitro benzene ring substituents is 1. The molecule has 2 heterocycles. The Bertz CT molecular complexity index is 1250. The lowest BCUT2D eigenvalue weighted by Crippen LogP contribution is -2.37. The van der Waals surface area contributed by atoms with E-state index in [-0.39, 0.29) is 16.6 Å². The topological polar surface area (TPSA) is 83.8 Å². The van der Waals surface area contributed by atoms with Crippen LogP contribution in [-0.4, -0.2) is 35.6 Å². The predicted molar refractivity (Wildman–Crippen MR) is 116 cm³/mol. The molecule has 7 nitrogen and oxygen atoms in total. The van der Waals surface area contributed by atoms with Crippen molar-refractivity contribution in [3.8, 4) is 0 Å². The van der Waals surface area contributed by atoms with E-state index < -0.39 is 21.1 Å². The van der Waals surface area contributed by atoms with Crippen molar-refractivity contribution in [1.82, 2.24) is 9.21 Å². The summed E-state index contributed by atoms with van der Waals surface area (Å²) in [6.45, 7) is 0.970. The Morgan fingerprint density at radius 1 is 0.935 bits per heavy atom. The SMILES string of the molecule is O=[N+]([O-])c1cccc([C@@H]2N3CCc4ccccc4[C@@H]3CN2S(=O)(=O)c2ccccc2)c1. The Morgan fingerprint density at radius 2 is 1.68 bits per heavy atom. The number of hydrogen-bond donors (Lipinski definition) is 0. The monoisotopic (exact) mass is 435 g/mol. The van der Waals surface area contributed by atoms with Gasteiger partial charge in [0.15, 0.2) is 0 Å². The van der Waals surface area contributed by atoms with Crippen molar-refractivity contribution in [1.29, 1.82) is 0 Å². The third kappa shape index (κ3) is 3.33. The molecule has 0 bridgehead atoms. The summed E-state index contributed by atoms with van der Waals surface area (Å²) in [5, 5.41) is 11.4. The van der Waals surface area contributed by atoms with Crippen molar-refractivity contribution in [3.63, 3.8) is 0 Å². The highest BCUT2D eigenvalue weighted by molar-refractivity contribution is 7.89. The Balaban J connectivity index is 1.65. The fourth-order valence-corrected chi connectivity index (χ4v) is 6.33. The summed E-state index contributed by atoms with van der Waals surface area (Å²) in [4.78, 5) is 13.3. The maximum atomic E-state index is 13.7. The van der Waals surface area contributed by atoms with Crippen molar-refractivity contribution in [2.75, 3.05) is 13.1 Å². The van der Waals surface area contributed by atoms with Gasteiger partial charge in [0.05, 0.1) is 15.9 Å². The molecule has 8 heteroatoms. The van der Waals surface area contributed by atoms with Crippen LogP contribution in [0, 0.1) is 10.1 Å². The Morgan fingerprint density at radius 3 is 2.45 bits per heavy atom. The lowest BCUT2D eigenvalue weighted by Gasteiger charge is -2.35. The maximum absolute atomic E-state index is 13.7. The van der Waals surface area contributed by atoms with Gasteiger partial charge in [0.25, 0.3) is 5.69 Å². The van der Waals surface area contributed by atoms with Crippen molar-refractivity contribution in [2.45, 2.75) is 23.5 Å². The Labute approximate surface area is 180 Å². The third-order valence-corrected chi connectivity index (χ3v) is 7.96. The normalized spacial score (nSPS) is 21.4. The van der Waals surface area contributed by atoms with Gasteiger partial charge in [-0.25, -0.2) is 8.42 Å². The highest BCUT2D eigenvalue weighted by atomic mass is 32.2. The summed E-state index contributed by atoms with van der Waals surface area (Å²) in [5.41, 5.74) is 2.90. The molecule has 0 N–H and O–H groups in total. The van der Waals surface area contributed by atoms with Gasteiger partial charge in [-0.05, 0) is 35.2 Å². The predicted octanol–water partition coefficient (Wildman–Crippen LogP) is 3.90. The van der Waals surface area contributed by atoms with E-state index in [1.165, 1.54) is 22.0 Å². The van der Waals surface area contributed by atoms with E-state index in [9.17, 15) is 18.5 Å². The fraction of sp³-hybridized carbons (Fsp3) is 0.217. The second-order valence-corrected chi connectivity index (χ2v) is 9.71. The molecule has 158 valence electrons. The van der Waals surface area contributed by atoms with Gasteiger partial charge in [-0.3, -0.25) is 15.0 Å². The van der Waals surface area contributed by atoms with Gasteiger partial charge in [0.1, 0.15) is 6.17 Å². The third-order valence-electron chi connectivity index (χ3n) is 6.12. The van der Waals surface area contributed by atoms with E-state index in [1.54, 1.807) is 42.5 Å². The summed E-state index contributed by atoms with van der Waals surface area (Å²) in [6.07, 6.45) is 0.195. The minimum Gasteiger partial charge on any atom is -0.274 e. The van der Waals surface area contributed by atoms with E-state index in [4.69, 9.17) is 0 Å². The van der Waals surface area contributed by atoms with Crippen molar-refractivity contribution in [2.24, 2.45) is 0 Å².